The lowest BCUT2D eigenvalue weighted by Crippen LogP contribution is -2.28. The van der Waals surface area contributed by atoms with Crippen molar-refractivity contribution in [1.82, 2.24) is 0 Å². The van der Waals surface area contributed by atoms with Crippen LogP contribution in [0, 0.1) is 0 Å². The van der Waals surface area contributed by atoms with Gasteiger partial charge in [-0.05, 0) is 19.8 Å². The summed E-state index contributed by atoms with van der Waals surface area (Å²) in [5.74, 6) is 0. The quantitative estimate of drug-likeness (QED) is 0.450. The van der Waals surface area contributed by atoms with Crippen molar-refractivity contribution in [3.63, 3.8) is 0 Å². The zero-order valence-corrected chi connectivity index (χ0v) is 8.01. The minimum absolute atomic E-state index is 0.0340. The maximum absolute atomic E-state index is 5.75. The van der Waals surface area contributed by atoms with Crippen LogP contribution in [0.25, 0.3) is 0 Å². The maximum atomic E-state index is 5.75. The monoisotopic (exact) mass is 170 g/mol. The van der Waals surface area contributed by atoms with Gasteiger partial charge >= 0.3 is 0 Å². The first-order chi connectivity index (χ1) is 5.70. The molecule has 2 nitrogen and oxygen atoms in total. The molecule has 12 heavy (non-hydrogen) atoms. The van der Waals surface area contributed by atoms with Crippen LogP contribution in [0.4, 0.5) is 0 Å². The maximum Gasteiger partial charge on any atom is 0.104 e. The highest BCUT2D eigenvalue weighted by atomic mass is 16.6. The highest BCUT2D eigenvalue weighted by Gasteiger charge is 2.28. The van der Waals surface area contributed by atoms with Gasteiger partial charge in [-0.3, -0.25) is 0 Å². The fraction of sp³-hybridized carbons (Fsp3) is 0.800. The van der Waals surface area contributed by atoms with E-state index in [1.807, 2.05) is 6.08 Å². The van der Waals surface area contributed by atoms with E-state index in [2.05, 4.69) is 20.4 Å². The largest absolute Gasteiger partial charge is 0.372 e. The van der Waals surface area contributed by atoms with Gasteiger partial charge in [-0.15, -0.1) is 6.58 Å². The van der Waals surface area contributed by atoms with E-state index >= 15 is 0 Å². The summed E-state index contributed by atoms with van der Waals surface area (Å²) in [5.41, 5.74) is -0.0340. The molecule has 0 bridgehead atoms. The van der Waals surface area contributed by atoms with Gasteiger partial charge in [0.15, 0.2) is 0 Å². The van der Waals surface area contributed by atoms with E-state index in [1.165, 1.54) is 0 Å². The predicted molar refractivity (Wildman–Crippen MR) is 49.2 cm³/mol. The van der Waals surface area contributed by atoms with Crippen LogP contribution in [0.15, 0.2) is 12.7 Å². The molecule has 0 radical (unpaired) electrons. The van der Waals surface area contributed by atoms with E-state index in [-0.39, 0.29) is 5.60 Å². The van der Waals surface area contributed by atoms with E-state index in [0.29, 0.717) is 6.10 Å². The van der Waals surface area contributed by atoms with Gasteiger partial charge in [-0.2, -0.15) is 0 Å². The standard InChI is InChI=1S/C10H18O2/c1-4-6-10(3,5-2)12-8-9-7-11-9/h4,9H,1,5-8H2,2-3H3. The van der Waals surface area contributed by atoms with Crippen LogP contribution in [-0.2, 0) is 9.47 Å². The molecular weight excluding hydrogens is 152 g/mol. The number of rotatable bonds is 6. The SMILES string of the molecule is C=CCC(C)(CC)OCC1CO1. The number of ether oxygens (including phenoxy) is 2. The molecule has 1 fully saturated rings. The zero-order chi connectivity index (χ0) is 9.03. The molecule has 0 spiro atoms. The van der Waals surface area contributed by atoms with Crippen molar-refractivity contribution in [1.29, 1.82) is 0 Å². The number of hydrogen-bond acceptors (Lipinski definition) is 2. The van der Waals surface area contributed by atoms with Gasteiger partial charge in [0.25, 0.3) is 0 Å². The van der Waals surface area contributed by atoms with Crippen LogP contribution in [-0.4, -0.2) is 24.9 Å². The first-order valence-corrected chi connectivity index (χ1v) is 4.56. The van der Waals surface area contributed by atoms with E-state index in [9.17, 15) is 0 Å². The Morgan fingerprint density at radius 3 is 2.83 bits per heavy atom. The molecule has 0 aliphatic carbocycles. The summed E-state index contributed by atoms with van der Waals surface area (Å²) in [4.78, 5) is 0. The smallest absolute Gasteiger partial charge is 0.104 e. The highest BCUT2D eigenvalue weighted by Crippen LogP contribution is 2.22. The lowest BCUT2D eigenvalue weighted by Gasteiger charge is -2.26. The van der Waals surface area contributed by atoms with Crippen molar-refractivity contribution < 1.29 is 9.47 Å². The van der Waals surface area contributed by atoms with E-state index in [4.69, 9.17) is 9.47 Å². The summed E-state index contributed by atoms with van der Waals surface area (Å²) in [6.45, 7) is 9.59. The number of epoxide rings is 1. The molecule has 0 aromatic heterocycles. The minimum Gasteiger partial charge on any atom is -0.372 e. The lowest BCUT2D eigenvalue weighted by atomic mass is 9.99. The summed E-state index contributed by atoms with van der Waals surface area (Å²) in [6, 6.07) is 0. The molecule has 0 saturated carbocycles. The summed E-state index contributed by atoms with van der Waals surface area (Å²) in [7, 11) is 0. The Labute approximate surface area is 74.6 Å². The van der Waals surface area contributed by atoms with Crippen LogP contribution in [0.5, 0.6) is 0 Å². The third kappa shape index (κ3) is 2.95. The van der Waals surface area contributed by atoms with Gasteiger partial charge in [0.2, 0.25) is 0 Å². The van der Waals surface area contributed by atoms with E-state index in [0.717, 1.165) is 26.1 Å². The molecule has 0 amide bonds. The molecule has 0 N–H and O–H groups in total. The second-order valence-corrected chi connectivity index (χ2v) is 3.56. The molecule has 70 valence electrons. The Kier molecular flexibility index (Phi) is 3.29. The van der Waals surface area contributed by atoms with E-state index < -0.39 is 0 Å². The molecule has 1 aliphatic rings. The van der Waals surface area contributed by atoms with Crippen LogP contribution in [0.3, 0.4) is 0 Å². The minimum atomic E-state index is -0.0340. The zero-order valence-electron chi connectivity index (χ0n) is 8.01. The third-order valence-electron chi connectivity index (χ3n) is 2.34. The van der Waals surface area contributed by atoms with Crippen molar-refractivity contribution >= 4 is 0 Å². The molecule has 1 aliphatic heterocycles. The van der Waals surface area contributed by atoms with Crippen molar-refractivity contribution in [2.45, 2.75) is 38.4 Å². The van der Waals surface area contributed by atoms with Crippen molar-refractivity contribution in [3.8, 4) is 0 Å². The molecule has 1 saturated heterocycles. The van der Waals surface area contributed by atoms with Gasteiger partial charge in [0, 0.05) is 0 Å². The first-order valence-electron chi connectivity index (χ1n) is 4.56. The average Bonchev–Trinajstić information content (AvgIpc) is 2.85. The van der Waals surface area contributed by atoms with Crippen LogP contribution < -0.4 is 0 Å². The van der Waals surface area contributed by atoms with Gasteiger partial charge in [0.1, 0.15) is 6.10 Å². The normalized spacial score (nSPS) is 26.3. The highest BCUT2D eigenvalue weighted by molar-refractivity contribution is 4.84. The molecule has 2 heteroatoms. The van der Waals surface area contributed by atoms with Gasteiger partial charge < -0.3 is 9.47 Å². The molecule has 1 heterocycles. The van der Waals surface area contributed by atoms with Crippen LogP contribution in [0.1, 0.15) is 26.7 Å². The van der Waals surface area contributed by atoms with Gasteiger partial charge in [0.05, 0.1) is 18.8 Å². The lowest BCUT2D eigenvalue weighted by molar-refractivity contribution is -0.0383. The van der Waals surface area contributed by atoms with Crippen molar-refractivity contribution in [2.75, 3.05) is 13.2 Å². The molecule has 2 unspecified atom stereocenters. The van der Waals surface area contributed by atoms with Crippen molar-refractivity contribution in [3.05, 3.63) is 12.7 Å². The summed E-state index contributed by atoms with van der Waals surface area (Å²) in [5, 5.41) is 0. The van der Waals surface area contributed by atoms with E-state index in [1.54, 1.807) is 0 Å². The topological polar surface area (TPSA) is 21.8 Å². The Morgan fingerprint density at radius 1 is 1.75 bits per heavy atom. The Morgan fingerprint density at radius 2 is 2.42 bits per heavy atom. The molecule has 0 aromatic carbocycles. The second-order valence-electron chi connectivity index (χ2n) is 3.56. The Balaban J connectivity index is 2.24. The Hall–Kier alpha value is -0.340. The summed E-state index contributed by atoms with van der Waals surface area (Å²) >= 11 is 0. The Bertz CT molecular complexity index is 152. The van der Waals surface area contributed by atoms with Gasteiger partial charge in [-0.1, -0.05) is 13.0 Å². The van der Waals surface area contributed by atoms with Crippen molar-refractivity contribution in [2.24, 2.45) is 0 Å². The first kappa shape index (κ1) is 9.75. The fourth-order valence-electron chi connectivity index (χ4n) is 1.07. The summed E-state index contributed by atoms with van der Waals surface area (Å²) < 4.78 is 10.8. The molecule has 2 atom stereocenters. The second kappa shape index (κ2) is 4.06. The van der Waals surface area contributed by atoms with Crippen LogP contribution >= 0.6 is 0 Å². The molecule has 0 aromatic rings. The van der Waals surface area contributed by atoms with Gasteiger partial charge in [-0.25, -0.2) is 0 Å². The average molecular weight is 170 g/mol. The molecular formula is C10H18O2. The fourth-order valence-corrected chi connectivity index (χ4v) is 1.07. The number of hydrogen-bond donors (Lipinski definition) is 0. The third-order valence-corrected chi connectivity index (χ3v) is 2.34. The van der Waals surface area contributed by atoms with Crippen LogP contribution in [0.2, 0.25) is 0 Å². The predicted octanol–water partition coefficient (Wildman–Crippen LogP) is 2.15. The molecule has 1 rings (SSSR count). The summed E-state index contributed by atoms with van der Waals surface area (Å²) in [6.07, 6.45) is 4.21.